The highest BCUT2D eigenvalue weighted by Gasteiger charge is 2.18. The van der Waals surface area contributed by atoms with Gasteiger partial charge < -0.3 is 20.4 Å². The van der Waals surface area contributed by atoms with E-state index in [1.54, 1.807) is 25.3 Å². The highest BCUT2D eigenvalue weighted by Crippen LogP contribution is 2.31. The molecule has 5 nitrogen and oxygen atoms in total. The number of benzene rings is 1. The lowest BCUT2D eigenvalue weighted by Crippen LogP contribution is -2.19. The van der Waals surface area contributed by atoms with Crippen molar-refractivity contribution in [2.45, 2.75) is 19.3 Å². The van der Waals surface area contributed by atoms with Crippen molar-refractivity contribution in [3.63, 3.8) is 0 Å². The third-order valence-electron chi connectivity index (χ3n) is 3.27. The van der Waals surface area contributed by atoms with Gasteiger partial charge in [0.2, 0.25) is 0 Å². The van der Waals surface area contributed by atoms with Crippen molar-refractivity contribution >= 4 is 5.84 Å². The van der Waals surface area contributed by atoms with Gasteiger partial charge in [-0.15, -0.1) is 0 Å². The molecule has 5 heteroatoms. The Morgan fingerprint density at radius 1 is 1.44 bits per heavy atom. The van der Waals surface area contributed by atoms with Crippen LogP contribution >= 0.6 is 0 Å². The summed E-state index contributed by atoms with van der Waals surface area (Å²) >= 11 is 0. The maximum absolute atomic E-state index is 8.63. The molecule has 0 amide bonds. The summed E-state index contributed by atoms with van der Waals surface area (Å²) in [6.45, 7) is 0.722. The number of methoxy groups -OCH3 is 1. The second kappa shape index (κ2) is 5.62. The van der Waals surface area contributed by atoms with E-state index >= 15 is 0 Å². The zero-order valence-corrected chi connectivity index (χ0v) is 10.4. The first kappa shape index (κ1) is 12.5. The van der Waals surface area contributed by atoms with Crippen LogP contribution in [0.5, 0.6) is 11.5 Å². The predicted octanol–water partition coefficient (Wildman–Crippen LogP) is 1.97. The molecule has 1 saturated carbocycles. The third kappa shape index (κ3) is 2.67. The largest absolute Gasteiger partial charge is 0.493 e. The van der Waals surface area contributed by atoms with Crippen LogP contribution in [-0.2, 0) is 0 Å². The summed E-state index contributed by atoms with van der Waals surface area (Å²) in [5, 5.41) is 11.6. The van der Waals surface area contributed by atoms with Gasteiger partial charge in [0.1, 0.15) is 0 Å². The molecule has 98 valence electrons. The van der Waals surface area contributed by atoms with Crippen molar-refractivity contribution in [2.24, 2.45) is 16.8 Å². The van der Waals surface area contributed by atoms with Gasteiger partial charge in [0.05, 0.1) is 13.7 Å². The molecule has 1 aromatic rings. The molecule has 1 fully saturated rings. The number of hydrogen-bond donors (Lipinski definition) is 2. The molecule has 18 heavy (non-hydrogen) atoms. The van der Waals surface area contributed by atoms with E-state index in [2.05, 4.69) is 5.16 Å². The van der Waals surface area contributed by atoms with Gasteiger partial charge >= 0.3 is 0 Å². The first-order valence-electron chi connectivity index (χ1n) is 6.03. The van der Waals surface area contributed by atoms with E-state index in [9.17, 15) is 0 Å². The SMILES string of the molecule is COc1cc(C(N)=NO)ccc1OCC1CCC1. The standard InChI is InChI=1S/C13H18N2O3/c1-17-12-7-10(13(14)15-16)5-6-11(12)18-8-9-3-2-4-9/h5-7,9,16H,2-4,8H2,1H3,(H2,14,15). The Morgan fingerprint density at radius 2 is 2.22 bits per heavy atom. The van der Waals surface area contributed by atoms with Crippen molar-refractivity contribution in [1.29, 1.82) is 0 Å². The minimum Gasteiger partial charge on any atom is -0.493 e. The summed E-state index contributed by atoms with van der Waals surface area (Å²) < 4.78 is 11.0. The summed E-state index contributed by atoms with van der Waals surface area (Å²) in [5.74, 6) is 2.01. The molecule has 1 aliphatic carbocycles. The lowest BCUT2D eigenvalue weighted by Gasteiger charge is -2.25. The van der Waals surface area contributed by atoms with Crippen LogP contribution in [0, 0.1) is 5.92 Å². The molecule has 0 bridgehead atoms. The average molecular weight is 250 g/mol. The van der Waals surface area contributed by atoms with Crippen LogP contribution in [0.4, 0.5) is 0 Å². The van der Waals surface area contributed by atoms with Crippen molar-refractivity contribution in [3.8, 4) is 11.5 Å². The van der Waals surface area contributed by atoms with E-state index in [-0.39, 0.29) is 5.84 Å². The first-order valence-corrected chi connectivity index (χ1v) is 6.03. The molecule has 0 spiro atoms. The molecule has 0 aromatic heterocycles. The van der Waals surface area contributed by atoms with Crippen molar-refractivity contribution in [2.75, 3.05) is 13.7 Å². The quantitative estimate of drug-likeness (QED) is 0.362. The smallest absolute Gasteiger partial charge is 0.170 e. The summed E-state index contributed by atoms with van der Waals surface area (Å²) in [5.41, 5.74) is 6.13. The Labute approximate surface area is 106 Å². The molecule has 0 radical (unpaired) electrons. The van der Waals surface area contributed by atoms with Crippen LogP contribution in [-0.4, -0.2) is 24.8 Å². The van der Waals surface area contributed by atoms with Gasteiger partial charge in [0.15, 0.2) is 17.3 Å². The van der Waals surface area contributed by atoms with E-state index in [0.29, 0.717) is 23.0 Å². The molecular formula is C13H18N2O3. The molecule has 2 rings (SSSR count). The summed E-state index contributed by atoms with van der Waals surface area (Å²) in [7, 11) is 1.57. The van der Waals surface area contributed by atoms with Gasteiger partial charge in [-0.2, -0.15) is 0 Å². The van der Waals surface area contributed by atoms with Crippen LogP contribution in [0.3, 0.4) is 0 Å². The fourth-order valence-corrected chi connectivity index (χ4v) is 1.87. The van der Waals surface area contributed by atoms with Crippen LogP contribution < -0.4 is 15.2 Å². The predicted molar refractivity (Wildman–Crippen MR) is 68.3 cm³/mol. The number of nitrogens with zero attached hydrogens (tertiary/aromatic N) is 1. The Morgan fingerprint density at radius 3 is 2.78 bits per heavy atom. The number of ether oxygens (including phenoxy) is 2. The maximum atomic E-state index is 8.63. The number of nitrogens with two attached hydrogens (primary N) is 1. The van der Waals surface area contributed by atoms with Crippen molar-refractivity contribution < 1.29 is 14.7 Å². The Kier molecular flexibility index (Phi) is 3.92. The van der Waals surface area contributed by atoms with Crippen LogP contribution in [0.15, 0.2) is 23.4 Å². The van der Waals surface area contributed by atoms with Crippen molar-refractivity contribution in [1.82, 2.24) is 0 Å². The summed E-state index contributed by atoms with van der Waals surface area (Å²) in [6.07, 6.45) is 3.78. The summed E-state index contributed by atoms with van der Waals surface area (Å²) in [6, 6.07) is 5.23. The molecular weight excluding hydrogens is 232 g/mol. The van der Waals surface area contributed by atoms with Gasteiger partial charge in [-0.25, -0.2) is 0 Å². The van der Waals surface area contributed by atoms with Gasteiger partial charge in [-0.3, -0.25) is 0 Å². The van der Waals surface area contributed by atoms with Crippen LogP contribution in [0.25, 0.3) is 0 Å². The number of amidine groups is 1. The van der Waals surface area contributed by atoms with Gasteiger partial charge in [-0.1, -0.05) is 11.6 Å². The van der Waals surface area contributed by atoms with E-state index in [0.717, 1.165) is 6.61 Å². The number of oxime groups is 1. The van der Waals surface area contributed by atoms with E-state index in [4.69, 9.17) is 20.4 Å². The highest BCUT2D eigenvalue weighted by molar-refractivity contribution is 5.97. The third-order valence-corrected chi connectivity index (χ3v) is 3.27. The fourth-order valence-electron chi connectivity index (χ4n) is 1.87. The molecule has 0 heterocycles. The highest BCUT2D eigenvalue weighted by atomic mass is 16.5. The molecule has 0 unspecified atom stereocenters. The normalized spacial score (nSPS) is 16.2. The van der Waals surface area contributed by atoms with Gasteiger partial charge in [0, 0.05) is 5.56 Å². The molecule has 1 aliphatic rings. The molecule has 0 saturated heterocycles. The van der Waals surface area contributed by atoms with Crippen molar-refractivity contribution in [3.05, 3.63) is 23.8 Å². The topological polar surface area (TPSA) is 77.1 Å². The fraction of sp³-hybridized carbons (Fsp3) is 0.462. The van der Waals surface area contributed by atoms with Gasteiger partial charge in [-0.05, 0) is 37.0 Å². The maximum Gasteiger partial charge on any atom is 0.170 e. The number of rotatable bonds is 5. The monoisotopic (exact) mass is 250 g/mol. The average Bonchev–Trinajstić information content (AvgIpc) is 2.36. The molecule has 1 aromatic carbocycles. The molecule has 0 atom stereocenters. The lowest BCUT2D eigenvalue weighted by atomic mass is 9.86. The van der Waals surface area contributed by atoms with Crippen LogP contribution in [0.1, 0.15) is 24.8 Å². The molecule has 0 aliphatic heterocycles. The van der Waals surface area contributed by atoms with E-state index in [1.165, 1.54) is 19.3 Å². The Bertz CT molecular complexity index is 442. The zero-order chi connectivity index (χ0) is 13.0. The molecule has 3 N–H and O–H groups in total. The number of hydrogen-bond acceptors (Lipinski definition) is 4. The lowest BCUT2D eigenvalue weighted by molar-refractivity contribution is 0.176. The summed E-state index contributed by atoms with van der Waals surface area (Å²) in [4.78, 5) is 0. The Hall–Kier alpha value is -1.91. The Balaban J connectivity index is 2.09. The van der Waals surface area contributed by atoms with E-state index in [1.807, 2.05) is 0 Å². The zero-order valence-electron chi connectivity index (χ0n) is 10.4. The second-order valence-corrected chi connectivity index (χ2v) is 4.46. The van der Waals surface area contributed by atoms with Crippen LogP contribution in [0.2, 0.25) is 0 Å². The minimum absolute atomic E-state index is 0.0545. The minimum atomic E-state index is 0.0545. The van der Waals surface area contributed by atoms with Gasteiger partial charge in [0.25, 0.3) is 0 Å². The first-order chi connectivity index (χ1) is 8.74. The van der Waals surface area contributed by atoms with E-state index < -0.39 is 0 Å². The second-order valence-electron chi connectivity index (χ2n) is 4.46.